The number of carbonyl (C=O) groups is 2. The van der Waals surface area contributed by atoms with Crippen molar-refractivity contribution in [1.82, 2.24) is 9.88 Å². The lowest BCUT2D eigenvalue weighted by Crippen LogP contribution is -2.38. The molecule has 0 N–H and O–H groups in total. The summed E-state index contributed by atoms with van der Waals surface area (Å²) in [5.74, 6) is -1.02. The summed E-state index contributed by atoms with van der Waals surface area (Å²) < 4.78 is 6.40. The molecular formula is C16H14BrCl2N3O3S. The summed E-state index contributed by atoms with van der Waals surface area (Å²) in [5, 5.41) is 1.25. The van der Waals surface area contributed by atoms with E-state index in [1.54, 1.807) is 38.4 Å². The first-order valence-electron chi connectivity index (χ1n) is 7.59. The molecule has 6 nitrogen and oxygen atoms in total. The third-order valence-electron chi connectivity index (χ3n) is 3.97. The van der Waals surface area contributed by atoms with Gasteiger partial charge in [0.05, 0.1) is 32.5 Å². The fourth-order valence-electron chi connectivity index (χ4n) is 2.51. The maximum absolute atomic E-state index is 12.6. The SMILES string of the molecule is CC(C(=O)OC1CN(C)C(=O)N1c1ncc(Br)s1)c1ccc(Cl)c(Cl)c1. The molecule has 2 unspecified atom stereocenters. The van der Waals surface area contributed by atoms with Crippen LogP contribution in [-0.4, -0.2) is 41.7 Å². The van der Waals surface area contributed by atoms with E-state index in [1.165, 1.54) is 21.1 Å². The van der Waals surface area contributed by atoms with Gasteiger partial charge in [-0.05, 0) is 40.5 Å². The van der Waals surface area contributed by atoms with Crippen molar-refractivity contribution in [2.75, 3.05) is 18.5 Å². The molecule has 2 aromatic rings. The number of likely N-dealkylation sites (N-methyl/N-ethyl adjacent to an activating group) is 1. The number of carbonyl (C=O) groups excluding carboxylic acids is 2. The number of rotatable bonds is 4. The number of esters is 1. The number of nitrogens with zero attached hydrogens (tertiary/aromatic N) is 3. The van der Waals surface area contributed by atoms with Gasteiger partial charge in [-0.15, -0.1) is 0 Å². The van der Waals surface area contributed by atoms with Crippen molar-refractivity contribution in [1.29, 1.82) is 0 Å². The first-order valence-corrected chi connectivity index (χ1v) is 9.95. The molecule has 1 aromatic heterocycles. The maximum atomic E-state index is 12.6. The van der Waals surface area contributed by atoms with E-state index >= 15 is 0 Å². The van der Waals surface area contributed by atoms with E-state index in [-0.39, 0.29) is 12.6 Å². The smallest absolute Gasteiger partial charge is 0.329 e. The Morgan fingerprint density at radius 3 is 2.77 bits per heavy atom. The van der Waals surface area contributed by atoms with Crippen molar-refractivity contribution in [2.45, 2.75) is 19.1 Å². The molecule has 10 heteroatoms. The predicted octanol–water partition coefficient (Wildman–Crippen LogP) is 4.76. The highest BCUT2D eigenvalue weighted by molar-refractivity contribution is 9.11. The van der Waals surface area contributed by atoms with E-state index in [9.17, 15) is 9.59 Å². The van der Waals surface area contributed by atoms with Crippen LogP contribution in [-0.2, 0) is 9.53 Å². The second kappa shape index (κ2) is 7.72. The van der Waals surface area contributed by atoms with Gasteiger partial charge in [0.25, 0.3) is 0 Å². The minimum atomic E-state index is -0.747. The molecule has 3 rings (SSSR count). The second-order valence-electron chi connectivity index (χ2n) is 5.77. The number of aromatic nitrogens is 1. The molecular weight excluding hydrogens is 465 g/mol. The number of amides is 2. The topological polar surface area (TPSA) is 62.7 Å². The van der Waals surface area contributed by atoms with Crippen LogP contribution in [0.25, 0.3) is 0 Å². The van der Waals surface area contributed by atoms with E-state index in [0.29, 0.717) is 20.7 Å². The van der Waals surface area contributed by atoms with Crippen LogP contribution in [0.5, 0.6) is 0 Å². The van der Waals surface area contributed by atoms with Gasteiger partial charge in [-0.1, -0.05) is 40.6 Å². The summed E-state index contributed by atoms with van der Waals surface area (Å²) >= 11 is 16.6. The van der Waals surface area contributed by atoms with E-state index in [4.69, 9.17) is 27.9 Å². The average molecular weight is 479 g/mol. The van der Waals surface area contributed by atoms with Crippen molar-refractivity contribution < 1.29 is 14.3 Å². The number of anilines is 1. The first kappa shape index (κ1) is 19.4. The van der Waals surface area contributed by atoms with E-state index in [1.807, 2.05) is 0 Å². The van der Waals surface area contributed by atoms with Gasteiger partial charge in [0.15, 0.2) is 5.13 Å². The van der Waals surface area contributed by atoms with E-state index < -0.39 is 18.1 Å². The van der Waals surface area contributed by atoms with Crippen LogP contribution in [0.4, 0.5) is 9.93 Å². The van der Waals surface area contributed by atoms with Crippen LogP contribution in [0.1, 0.15) is 18.4 Å². The Morgan fingerprint density at radius 1 is 1.42 bits per heavy atom. The summed E-state index contributed by atoms with van der Waals surface area (Å²) in [6.45, 7) is 1.97. The summed E-state index contributed by atoms with van der Waals surface area (Å²) in [7, 11) is 1.65. The molecule has 1 aliphatic heterocycles. The maximum Gasteiger partial charge on any atom is 0.329 e. The third kappa shape index (κ3) is 3.83. The fourth-order valence-corrected chi connectivity index (χ4v) is 4.03. The minimum Gasteiger partial charge on any atom is -0.439 e. The quantitative estimate of drug-likeness (QED) is 0.594. The van der Waals surface area contributed by atoms with Gasteiger partial charge in [0.2, 0.25) is 6.23 Å². The molecule has 2 heterocycles. The first-order chi connectivity index (χ1) is 12.3. The van der Waals surface area contributed by atoms with Crippen molar-refractivity contribution in [3.8, 4) is 0 Å². The zero-order chi connectivity index (χ0) is 19.0. The normalized spacial score (nSPS) is 18.3. The number of urea groups is 1. The Bertz CT molecular complexity index is 863. The molecule has 2 amide bonds. The fraction of sp³-hybridized carbons (Fsp3) is 0.312. The van der Waals surface area contributed by atoms with E-state index in [0.717, 1.165) is 3.79 Å². The molecule has 0 spiro atoms. The largest absolute Gasteiger partial charge is 0.439 e. The van der Waals surface area contributed by atoms with Crippen molar-refractivity contribution in [3.63, 3.8) is 0 Å². The highest BCUT2D eigenvalue weighted by atomic mass is 79.9. The zero-order valence-corrected chi connectivity index (χ0v) is 17.7. The number of thiazole rings is 1. The Morgan fingerprint density at radius 2 is 2.15 bits per heavy atom. The average Bonchev–Trinajstić information content (AvgIpc) is 3.13. The highest BCUT2D eigenvalue weighted by Gasteiger charge is 2.41. The summed E-state index contributed by atoms with van der Waals surface area (Å²) in [4.78, 5) is 32.1. The molecule has 26 heavy (non-hydrogen) atoms. The molecule has 1 aliphatic rings. The van der Waals surface area contributed by atoms with Crippen molar-refractivity contribution in [3.05, 3.63) is 43.8 Å². The number of ether oxygens (including phenoxy) is 1. The number of halogens is 3. The van der Waals surface area contributed by atoms with E-state index in [2.05, 4.69) is 20.9 Å². The van der Waals surface area contributed by atoms with Gasteiger partial charge in [0.1, 0.15) is 0 Å². The van der Waals surface area contributed by atoms with Gasteiger partial charge >= 0.3 is 12.0 Å². The monoisotopic (exact) mass is 477 g/mol. The zero-order valence-electron chi connectivity index (χ0n) is 13.8. The summed E-state index contributed by atoms with van der Waals surface area (Å²) in [6.07, 6.45) is 0.853. The van der Waals surface area contributed by atoms with Gasteiger partial charge in [-0.25, -0.2) is 14.7 Å². The summed E-state index contributed by atoms with van der Waals surface area (Å²) in [5.41, 5.74) is 0.686. The van der Waals surface area contributed by atoms with Crippen molar-refractivity contribution in [2.24, 2.45) is 0 Å². The number of benzene rings is 1. The molecule has 138 valence electrons. The Kier molecular flexibility index (Phi) is 5.76. The van der Waals surface area contributed by atoms with Crippen molar-refractivity contribution >= 4 is 67.6 Å². The molecule has 1 fully saturated rings. The summed E-state index contributed by atoms with van der Waals surface area (Å²) in [6, 6.07) is 4.72. The molecule has 0 radical (unpaired) electrons. The second-order valence-corrected chi connectivity index (χ2v) is 8.97. The van der Waals surface area contributed by atoms with Crippen LogP contribution < -0.4 is 4.90 Å². The highest BCUT2D eigenvalue weighted by Crippen LogP contribution is 2.33. The van der Waals surface area contributed by atoms with Gasteiger partial charge in [-0.2, -0.15) is 0 Å². The molecule has 2 atom stereocenters. The molecule has 1 saturated heterocycles. The lowest BCUT2D eigenvalue weighted by Gasteiger charge is -2.22. The van der Waals surface area contributed by atoms with Gasteiger partial charge in [0, 0.05) is 7.05 Å². The lowest BCUT2D eigenvalue weighted by atomic mass is 10.0. The Hall–Kier alpha value is -1.35. The number of hydrogen-bond acceptors (Lipinski definition) is 5. The lowest BCUT2D eigenvalue weighted by molar-refractivity contribution is -0.149. The van der Waals surface area contributed by atoms with Gasteiger partial charge in [-0.3, -0.25) is 4.79 Å². The molecule has 0 aliphatic carbocycles. The minimum absolute atomic E-state index is 0.260. The van der Waals surface area contributed by atoms with Gasteiger partial charge < -0.3 is 9.64 Å². The Labute approximate surface area is 172 Å². The Balaban J connectivity index is 1.78. The third-order valence-corrected chi connectivity index (χ3v) is 6.19. The standard InChI is InChI=1S/C16H14BrCl2N3O3S/c1-8(9-3-4-10(18)11(19)5-9)14(23)25-13-7-21(2)16(24)22(13)15-20-6-12(17)26-15/h3-6,8,13H,7H2,1-2H3. The van der Waals surface area contributed by atoms with Crippen LogP contribution in [0.15, 0.2) is 28.2 Å². The van der Waals surface area contributed by atoms with Crippen LogP contribution >= 0.6 is 50.5 Å². The molecule has 1 aromatic carbocycles. The molecule has 0 saturated carbocycles. The number of hydrogen-bond donors (Lipinski definition) is 0. The van der Waals surface area contributed by atoms with Crippen LogP contribution in [0.3, 0.4) is 0 Å². The predicted molar refractivity (Wildman–Crippen MR) is 105 cm³/mol. The molecule has 0 bridgehead atoms. The van der Waals surface area contributed by atoms with Crippen LogP contribution in [0.2, 0.25) is 10.0 Å². The van der Waals surface area contributed by atoms with Crippen LogP contribution in [0, 0.1) is 0 Å².